The van der Waals surface area contributed by atoms with E-state index in [1.807, 2.05) is 0 Å². The summed E-state index contributed by atoms with van der Waals surface area (Å²) in [6.07, 6.45) is 11.4. The molecule has 2 aromatic carbocycles. The Morgan fingerprint density at radius 3 is 2.04 bits per heavy atom. The molecule has 1 fully saturated rings. The summed E-state index contributed by atoms with van der Waals surface area (Å²) in [5.41, 5.74) is 11.5. The smallest absolute Gasteiger partial charge is 0.148 e. The first kappa shape index (κ1) is 14.0. The van der Waals surface area contributed by atoms with Crippen molar-refractivity contribution in [3.05, 3.63) is 81.6 Å². The van der Waals surface area contributed by atoms with Crippen molar-refractivity contribution < 1.29 is 0 Å². The number of hydrogen-bond acceptors (Lipinski definition) is 2. The first-order valence-corrected chi connectivity index (χ1v) is 10.8. The van der Waals surface area contributed by atoms with Gasteiger partial charge >= 0.3 is 0 Å². The van der Waals surface area contributed by atoms with E-state index in [-0.39, 0.29) is 5.66 Å². The molecule has 0 N–H and O–H groups in total. The van der Waals surface area contributed by atoms with E-state index >= 15 is 0 Å². The highest BCUT2D eigenvalue weighted by Gasteiger charge is 2.65. The molecule has 4 unspecified atom stereocenters. The second-order valence-corrected chi connectivity index (χ2v) is 9.61. The van der Waals surface area contributed by atoms with Crippen molar-refractivity contribution in [2.45, 2.75) is 68.7 Å². The van der Waals surface area contributed by atoms with Gasteiger partial charge in [0.05, 0.1) is 0 Å². The van der Waals surface area contributed by atoms with Crippen molar-refractivity contribution >= 4 is 0 Å². The lowest BCUT2D eigenvalue weighted by atomic mass is 9.66. The van der Waals surface area contributed by atoms with Gasteiger partial charge in [-0.1, -0.05) is 42.5 Å². The molecule has 4 atom stereocenters. The van der Waals surface area contributed by atoms with E-state index in [2.05, 4.69) is 52.3 Å². The van der Waals surface area contributed by atoms with E-state index in [0.29, 0.717) is 6.04 Å². The second-order valence-electron chi connectivity index (χ2n) is 9.61. The van der Waals surface area contributed by atoms with Crippen molar-refractivity contribution in [3.63, 3.8) is 0 Å². The summed E-state index contributed by atoms with van der Waals surface area (Å²) in [5, 5.41) is 0. The number of benzene rings is 2. The fourth-order valence-electron chi connectivity index (χ4n) is 7.97. The maximum atomic E-state index is 3.02. The van der Waals surface area contributed by atoms with Crippen LogP contribution in [-0.2, 0) is 31.3 Å². The molecule has 6 aliphatic rings. The van der Waals surface area contributed by atoms with Gasteiger partial charge in [0, 0.05) is 41.4 Å². The van der Waals surface area contributed by atoms with E-state index in [9.17, 15) is 0 Å². The Morgan fingerprint density at radius 1 is 0.741 bits per heavy atom. The van der Waals surface area contributed by atoms with Gasteiger partial charge in [0.15, 0.2) is 0 Å². The van der Waals surface area contributed by atoms with Crippen LogP contribution in [0.2, 0.25) is 0 Å². The topological polar surface area (TPSA) is 6.48 Å². The van der Waals surface area contributed by atoms with Crippen LogP contribution < -0.4 is 0 Å². The minimum atomic E-state index is 0.00366. The van der Waals surface area contributed by atoms with Gasteiger partial charge in [0.2, 0.25) is 0 Å². The first-order chi connectivity index (χ1) is 13.4. The zero-order valence-corrected chi connectivity index (χ0v) is 15.6. The maximum absolute atomic E-state index is 3.02. The SMILES string of the molecule is C1=C2Cc3cccc4c3C35c6c(cccc6CC6CCC(C4)N63)CC(C1)N25. The minimum absolute atomic E-state index is 0.00366. The molecular weight excluding hydrogens is 328 g/mol. The van der Waals surface area contributed by atoms with Crippen LogP contribution in [0.15, 0.2) is 48.2 Å². The Kier molecular flexibility index (Phi) is 2.25. The van der Waals surface area contributed by atoms with Gasteiger partial charge in [0.25, 0.3) is 0 Å². The van der Waals surface area contributed by atoms with Gasteiger partial charge in [-0.3, -0.25) is 4.90 Å². The standard InChI is InChI=1S/C25H24N2/c1-3-15-11-19-7-9-21-13-17-5-2-6-18-14-22-10-8-20-12-16(4-1)23(15)25(24(17)18,26(19)21)27(20)22/h1-7,20-22H,8-14H2. The Balaban J connectivity index is 1.60. The quantitative estimate of drug-likeness (QED) is 0.709. The van der Waals surface area contributed by atoms with E-state index in [0.717, 1.165) is 18.5 Å². The highest BCUT2D eigenvalue weighted by molar-refractivity contribution is 5.61. The first-order valence-electron chi connectivity index (χ1n) is 10.8. The number of hydrogen-bond donors (Lipinski definition) is 0. The average Bonchev–Trinajstić information content (AvgIpc) is 3.28. The lowest BCUT2D eigenvalue weighted by Crippen LogP contribution is -2.71. The normalized spacial score (nSPS) is 36.4. The highest BCUT2D eigenvalue weighted by atomic mass is 15.5. The van der Waals surface area contributed by atoms with Crippen molar-refractivity contribution in [2.75, 3.05) is 0 Å². The lowest BCUT2D eigenvalue weighted by Gasteiger charge is -2.65. The molecule has 27 heavy (non-hydrogen) atoms. The Morgan fingerprint density at radius 2 is 1.33 bits per heavy atom. The molecule has 0 radical (unpaired) electrons. The third kappa shape index (κ3) is 1.36. The molecule has 6 heterocycles. The van der Waals surface area contributed by atoms with Crippen molar-refractivity contribution in [1.29, 1.82) is 0 Å². The number of allylic oxidation sites excluding steroid dienone is 1. The molecule has 2 aromatic rings. The maximum Gasteiger partial charge on any atom is 0.148 e. The summed E-state index contributed by atoms with van der Waals surface area (Å²) >= 11 is 0. The van der Waals surface area contributed by atoms with Crippen LogP contribution >= 0.6 is 0 Å². The van der Waals surface area contributed by atoms with Crippen LogP contribution in [0.1, 0.15) is 52.6 Å². The monoisotopic (exact) mass is 352 g/mol. The third-order valence-electron chi connectivity index (χ3n) is 8.55. The van der Waals surface area contributed by atoms with E-state index in [1.54, 1.807) is 39.1 Å². The van der Waals surface area contributed by atoms with E-state index < -0.39 is 0 Å². The molecule has 0 saturated carbocycles. The van der Waals surface area contributed by atoms with Crippen LogP contribution in [0.5, 0.6) is 0 Å². The van der Waals surface area contributed by atoms with Gasteiger partial charge < -0.3 is 4.90 Å². The number of rotatable bonds is 0. The van der Waals surface area contributed by atoms with Gasteiger partial charge in [-0.25, -0.2) is 0 Å². The molecule has 0 bridgehead atoms. The summed E-state index contributed by atoms with van der Waals surface area (Å²) in [6.45, 7) is 0. The van der Waals surface area contributed by atoms with Crippen LogP contribution in [-0.4, -0.2) is 27.9 Å². The summed E-state index contributed by atoms with van der Waals surface area (Å²) in [6, 6.07) is 16.5. The Bertz CT molecular complexity index is 1060. The fraction of sp³-hybridized carbons (Fsp3) is 0.440. The zero-order valence-electron chi connectivity index (χ0n) is 15.6. The second kappa shape index (κ2) is 4.33. The molecule has 8 rings (SSSR count). The van der Waals surface area contributed by atoms with E-state index in [4.69, 9.17) is 0 Å². The molecule has 0 amide bonds. The van der Waals surface area contributed by atoms with Crippen LogP contribution in [0.4, 0.5) is 0 Å². The summed E-state index contributed by atoms with van der Waals surface area (Å²) in [7, 11) is 0. The Hall–Kier alpha value is -2.06. The van der Waals surface area contributed by atoms with Crippen LogP contribution in [0, 0.1) is 0 Å². The summed E-state index contributed by atoms with van der Waals surface area (Å²) < 4.78 is 0. The Labute approximate surface area is 160 Å². The predicted octanol–water partition coefficient (Wildman–Crippen LogP) is 3.90. The minimum Gasteiger partial charge on any atom is -0.345 e. The molecule has 2 heteroatoms. The highest BCUT2D eigenvalue weighted by Crippen LogP contribution is 2.62. The number of nitrogens with zero attached hydrogens (tertiary/aromatic N) is 2. The predicted molar refractivity (Wildman–Crippen MR) is 105 cm³/mol. The van der Waals surface area contributed by atoms with Crippen LogP contribution in [0.3, 0.4) is 0 Å². The fourth-order valence-corrected chi connectivity index (χ4v) is 7.97. The molecular formula is C25H24N2. The molecule has 6 aliphatic heterocycles. The zero-order chi connectivity index (χ0) is 17.3. The molecule has 0 aromatic heterocycles. The largest absolute Gasteiger partial charge is 0.345 e. The lowest BCUT2D eigenvalue weighted by molar-refractivity contribution is -0.0914. The van der Waals surface area contributed by atoms with Crippen molar-refractivity contribution in [1.82, 2.24) is 9.80 Å². The molecule has 1 spiro atoms. The van der Waals surface area contributed by atoms with Gasteiger partial charge in [-0.15, -0.1) is 0 Å². The molecule has 0 aliphatic carbocycles. The molecule has 2 nitrogen and oxygen atoms in total. The van der Waals surface area contributed by atoms with Gasteiger partial charge in [-0.2, -0.15) is 0 Å². The van der Waals surface area contributed by atoms with Gasteiger partial charge in [0.1, 0.15) is 5.66 Å². The third-order valence-corrected chi connectivity index (χ3v) is 8.55. The van der Waals surface area contributed by atoms with E-state index in [1.165, 1.54) is 38.5 Å². The molecule has 1 saturated heterocycles. The average molecular weight is 352 g/mol. The van der Waals surface area contributed by atoms with Crippen LogP contribution in [0.25, 0.3) is 0 Å². The van der Waals surface area contributed by atoms with Gasteiger partial charge in [-0.05, 0) is 60.8 Å². The van der Waals surface area contributed by atoms with Crippen molar-refractivity contribution in [3.8, 4) is 0 Å². The molecule has 134 valence electrons. The van der Waals surface area contributed by atoms with Crippen molar-refractivity contribution in [2.24, 2.45) is 0 Å². The summed E-state index contributed by atoms with van der Waals surface area (Å²) in [5.74, 6) is 0. The summed E-state index contributed by atoms with van der Waals surface area (Å²) in [4.78, 5) is 5.95.